The van der Waals surface area contributed by atoms with Crippen LogP contribution < -0.4 is 5.32 Å². The first-order valence-corrected chi connectivity index (χ1v) is 12.4. The summed E-state index contributed by atoms with van der Waals surface area (Å²) in [5, 5.41) is 3.75. The Morgan fingerprint density at radius 3 is 2.11 bits per heavy atom. The van der Waals surface area contributed by atoms with Gasteiger partial charge in [0.15, 0.2) is 0 Å². The fourth-order valence-corrected chi connectivity index (χ4v) is 4.29. The Hall–Kier alpha value is -3.11. The molecule has 0 spiro atoms. The van der Waals surface area contributed by atoms with Gasteiger partial charge in [0.25, 0.3) is 0 Å². The molecular weight excluding hydrogens is 456 g/mol. The predicted molar refractivity (Wildman–Crippen MR) is 143 cm³/mol. The molecular formula is C30H35ClN2O2. The summed E-state index contributed by atoms with van der Waals surface area (Å²) >= 11 is 6.34. The number of halogens is 1. The second-order valence-electron chi connectivity index (χ2n) is 9.98. The van der Waals surface area contributed by atoms with Gasteiger partial charge in [0, 0.05) is 29.9 Å². The van der Waals surface area contributed by atoms with Gasteiger partial charge < -0.3 is 10.2 Å². The topological polar surface area (TPSA) is 49.4 Å². The Bertz CT molecular complexity index is 1140. The highest BCUT2D eigenvalue weighted by molar-refractivity contribution is 6.31. The number of hydrogen-bond donors (Lipinski definition) is 1. The fraction of sp³-hybridized carbons (Fsp3) is 0.333. The lowest BCUT2D eigenvalue weighted by Crippen LogP contribution is -2.54. The highest BCUT2D eigenvalue weighted by atomic mass is 35.5. The number of nitrogens with one attached hydrogen (secondary N) is 1. The van der Waals surface area contributed by atoms with E-state index in [2.05, 4.69) is 5.32 Å². The molecule has 0 heterocycles. The van der Waals surface area contributed by atoms with Crippen molar-refractivity contribution in [1.82, 2.24) is 10.2 Å². The standard InChI is InChI=1S/C30H35ClN2O2/c1-22-12-8-9-16-25(22)21-33(28(34)19-18-24-15-10-11-17-26(24)31)27(29(35)32-30(2,3)4)20-23-13-6-5-7-14-23/h5-17,27H,18-21H2,1-4H3,(H,32,35)/t27-/m1/s1. The van der Waals surface area contributed by atoms with E-state index in [0.29, 0.717) is 24.4 Å². The van der Waals surface area contributed by atoms with Crippen LogP contribution in [-0.4, -0.2) is 28.3 Å². The zero-order valence-electron chi connectivity index (χ0n) is 21.1. The molecule has 0 fully saturated rings. The van der Waals surface area contributed by atoms with Crippen LogP contribution in [0.5, 0.6) is 0 Å². The summed E-state index contributed by atoms with van der Waals surface area (Å²) in [4.78, 5) is 29.1. The number of nitrogens with zero attached hydrogens (tertiary/aromatic N) is 1. The van der Waals surface area contributed by atoms with Crippen LogP contribution in [0.4, 0.5) is 0 Å². The summed E-state index contributed by atoms with van der Waals surface area (Å²) in [5.74, 6) is -0.223. The number of aryl methyl sites for hydroxylation is 2. The zero-order chi connectivity index (χ0) is 25.4. The molecule has 4 nitrogen and oxygen atoms in total. The van der Waals surface area contributed by atoms with Gasteiger partial charge in [-0.25, -0.2) is 0 Å². The first-order valence-electron chi connectivity index (χ1n) is 12.1. The lowest BCUT2D eigenvalue weighted by atomic mass is 9.99. The quantitative estimate of drug-likeness (QED) is 0.392. The number of hydrogen-bond acceptors (Lipinski definition) is 2. The summed E-state index contributed by atoms with van der Waals surface area (Å²) in [5.41, 5.74) is 3.64. The molecule has 3 aromatic carbocycles. The monoisotopic (exact) mass is 490 g/mol. The Morgan fingerprint density at radius 2 is 1.49 bits per heavy atom. The number of carbonyl (C=O) groups excluding carboxylic acids is 2. The molecule has 0 aliphatic heterocycles. The molecule has 0 saturated heterocycles. The van der Waals surface area contributed by atoms with Gasteiger partial charge in [-0.05, 0) is 62.4 Å². The molecule has 0 saturated carbocycles. The summed E-state index contributed by atoms with van der Waals surface area (Å²) < 4.78 is 0. The average Bonchev–Trinajstić information content (AvgIpc) is 2.81. The van der Waals surface area contributed by atoms with E-state index < -0.39 is 11.6 Å². The van der Waals surface area contributed by atoms with Crippen molar-refractivity contribution in [1.29, 1.82) is 0 Å². The van der Waals surface area contributed by atoms with Crippen molar-refractivity contribution in [2.24, 2.45) is 0 Å². The van der Waals surface area contributed by atoms with E-state index in [1.807, 2.05) is 107 Å². The molecule has 0 bridgehead atoms. The average molecular weight is 491 g/mol. The molecule has 3 aromatic rings. The Balaban J connectivity index is 1.95. The van der Waals surface area contributed by atoms with Crippen molar-refractivity contribution >= 4 is 23.4 Å². The minimum atomic E-state index is -0.644. The third-order valence-corrected chi connectivity index (χ3v) is 6.31. The van der Waals surface area contributed by atoms with E-state index in [4.69, 9.17) is 11.6 Å². The van der Waals surface area contributed by atoms with Crippen LogP contribution in [0.2, 0.25) is 5.02 Å². The van der Waals surface area contributed by atoms with Gasteiger partial charge in [-0.3, -0.25) is 9.59 Å². The molecule has 0 aliphatic carbocycles. The summed E-state index contributed by atoms with van der Waals surface area (Å²) in [6, 6.07) is 24.8. The molecule has 0 unspecified atom stereocenters. The van der Waals surface area contributed by atoms with Crippen LogP contribution in [0.25, 0.3) is 0 Å². The largest absolute Gasteiger partial charge is 0.350 e. The normalized spacial score (nSPS) is 12.1. The molecule has 0 aromatic heterocycles. The maximum Gasteiger partial charge on any atom is 0.243 e. The van der Waals surface area contributed by atoms with Crippen molar-refractivity contribution in [2.45, 2.75) is 65.1 Å². The molecule has 35 heavy (non-hydrogen) atoms. The van der Waals surface area contributed by atoms with Gasteiger partial charge in [0.05, 0.1) is 0 Å². The van der Waals surface area contributed by atoms with Gasteiger partial charge in [0.2, 0.25) is 11.8 Å². The minimum Gasteiger partial charge on any atom is -0.350 e. The van der Waals surface area contributed by atoms with Crippen molar-refractivity contribution in [3.63, 3.8) is 0 Å². The molecule has 2 amide bonds. The van der Waals surface area contributed by atoms with Crippen molar-refractivity contribution in [2.75, 3.05) is 0 Å². The van der Waals surface area contributed by atoms with Crippen LogP contribution in [0.3, 0.4) is 0 Å². The molecule has 0 radical (unpaired) electrons. The second kappa shape index (κ2) is 12.0. The molecule has 3 rings (SSSR count). The summed E-state index contributed by atoms with van der Waals surface area (Å²) in [7, 11) is 0. The zero-order valence-corrected chi connectivity index (χ0v) is 21.8. The number of rotatable bonds is 9. The van der Waals surface area contributed by atoms with E-state index in [1.54, 1.807) is 4.90 Å². The molecule has 1 atom stereocenters. The fourth-order valence-electron chi connectivity index (χ4n) is 4.06. The van der Waals surface area contributed by atoms with Gasteiger partial charge in [-0.2, -0.15) is 0 Å². The van der Waals surface area contributed by atoms with Crippen LogP contribution in [-0.2, 0) is 29.0 Å². The highest BCUT2D eigenvalue weighted by Crippen LogP contribution is 2.21. The van der Waals surface area contributed by atoms with Crippen LogP contribution in [0.1, 0.15) is 49.4 Å². The molecule has 0 aliphatic rings. The smallest absolute Gasteiger partial charge is 0.243 e. The number of benzene rings is 3. The summed E-state index contributed by atoms with van der Waals surface area (Å²) in [6.07, 6.45) is 1.22. The van der Waals surface area contributed by atoms with Gasteiger partial charge in [-0.1, -0.05) is 84.4 Å². The van der Waals surface area contributed by atoms with Crippen LogP contribution in [0.15, 0.2) is 78.9 Å². The number of carbonyl (C=O) groups is 2. The van der Waals surface area contributed by atoms with Crippen molar-refractivity contribution < 1.29 is 9.59 Å². The molecule has 5 heteroatoms. The van der Waals surface area contributed by atoms with Crippen molar-refractivity contribution in [3.8, 4) is 0 Å². The van der Waals surface area contributed by atoms with Gasteiger partial charge in [-0.15, -0.1) is 0 Å². The van der Waals surface area contributed by atoms with Gasteiger partial charge in [0.1, 0.15) is 6.04 Å². The van der Waals surface area contributed by atoms with E-state index >= 15 is 0 Å². The lowest BCUT2D eigenvalue weighted by Gasteiger charge is -2.34. The predicted octanol–water partition coefficient (Wildman–Crippen LogP) is 6.14. The number of amides is 2. The van der Waals surface area contributed by atoms with E-state index in [0.717, 1.165) is 22.3 Å². The second-order valence-corrected chi connectivity index (χ2v) is 10.4. The van der Waals surface area contributed by atoms with E-state index in [1.165, 1.54) is 0 Å². The SMILES string of the molecule is Cc1ccccc1CN(C(=O)CCc1ccccc1Cl)[C@H](Cc1ccccc1)C(=O)NC(C)(C)C. The third kappa shape index (κ3) is 7.97. The van der Waals surface area contributed by atoms with Crippen molar-refractivity contribution in [3.05, 3.63) is 106 Å². The highest BCUT2D eigenvalue weighted by Gasteiger charge is 2.32. The maximum atomic E-state index is 13.7. The Kier molecular flexibility index (Phi) is 9.11. The molecule has 184 valence electrons. The minimum absolute atomic E-state index is 0.0711. The maximum absolute atomic E-state index is 13.7. The summed E-state index contributed by atoms with van der Waals surface area (Å²) in [6.45, 7) is 8.26. The lowest BCUT2D eigenvalue weighted by molar-refractivity contribution is -0.141. The van der Waals surface area contributed by atoms with E-state index in [-0.39, 0.29) is 18.2 Å². The van der Waals surface area contributed by atoms with E-state index in [9.17, 15) is 9.59 Å². The van der Waals surface area contributed by atoms with Crippen LogP contribution in [0, 0.1) is 6.92 Å². The van der Waals surface area contributed by atoms with Gasteiger partial charge >= 0.3 is 0 Å². The Morgan fingerprint density at radius 1 is 0.886 bits per heavy atom. The first-order chi connectivity index (χ1) is 16.6. The Labute approximate surface area is 214 Å². The van der Waals surface area contributed by atoms with Crippen LogP contribution >= 0.6 is 11.6 Å². The third-order valence-electron chi connectivity index (χ3n) is 5.94. The first kappa shape index (κ1) is 26.5. The molecule has 1 N–H and O–H groups in total.